The van der Waals surface area contributed by atoms with Crippen molar-refractivity contribution in [2.75, 3.05) is 18.2 Å². The van der Waals surface area contributed by atoms with Crippen LogP contribution < -0.4 is 15.8 Å². The van der Waals surface area contributed by atoms with Gasteiger partial charge in [0.15, 0.2) is 0 Å². The Hall–Kier alpha value is -1.42. The molecule has 0 aromatic heterocycles. The molecule has 0 amide bonds. The molecular weight excluding hydrogens is 240 g/mol. The van der Waals surface area contributed by atoms with Crippen molar-refractivity contribution < 1.29 is 9.47 Å². The SMILES string of the molecule is COC1CCC(Nc2cccc(OC(C)C)c2N)C1. The first-order valence-corrected chi connectivity index (χ1v) is 6.94. The third-order valence-electron chi connectivity index (χ3n) is 3.51. The molecule has 0 bridgehead atoms. The highest BCUT2D eigenvalue weighted by molar-refractivity contribution is 5.73. The second kappa shape index (κ2) is 6.15. The molecule has 1 fully saturated rings. The summed E-state index contributed by atoms with van der Waals surface area (Å²) in [7, 11) is 1.78. The Bertz CT molecular complexity index is 421. The summed E-state index contributed by atoms with van der Waals surface area (Å²) in [6, 6.07) is 6.32. The molecule has 4 nitrogen and oxygen atoms in total. The summed E-state index contributed by atoms with van der Waals surface area (Å²) in [6.45, 7) is 4.00. The average molecular weight is 264 g/mol. The Morgan fingerprint density at radius 3 is 2.74 bits per heavy atom. The third kappa shape index (κ3) is 3.53. The fourth-order valence-corrected chi connectivity index (χ4v) is 2.53. The number of hydrogen-bond donors (Lipinski definition) is 2. The minimum Gasteiger partial charge on any atom is -0.489 e. The monoisotopic (exact) mass is 264 g/mol. The number of nitrogens with two attached hydrogens (primary N) is 1. The minimum atomic E-state index is 0.127. The molecule has 4 heteroatoms. The Balaban J connectivity index is 2.04. The van der Waals surface area contributed by atoms with Gasteiger partial charge in [-0.05, 0) is 45.2 Å². The molecule has 2 atom stereocenters. The van der Waals surface area contributed by atoms with Crippen molar-refractivity contribution in [1.29, 1.82) is 0 Å². The average Bonchev–Trinajstić information content (AvgIpc) is 2.81. The van der Waals surface area contributed by atoms with E-state index in [-0.39, 0.29) is 6.10 Å². The van der Waals surface area contributed by atoms with E-state index >= 15 is 0 Å². The lowest BCUT2D eigenvalue weighted by molar-refractivity contribution is 0.108. The third-order valence-corrected chi connectivity index (χ3v) is 3.51. The van der Waals surface area contributed by atoms with Gasteiger partial charge in [-0.1, -0.05) is 6.07 Å². The van der Waals surface area contributed by atoms with Gasteiger partial charge in [0.2, 0.25) is 0 Å². The number of nitrogens with one attached hydrogen (secondary N) is 1. The summed E-state index contributed by atoms with van der Waals surface area (Å²) in [4.78, 5) is 0. The van der Waals surface area contributed by atoms with Crippen molar-refractivity contribution in [3.63, 3.8) is 0 Å². The Labute approximate surface area is 115 Å². The molecule has 19 heavy (non-hydrogen) atoms. The molecule has 1 aliphatic rings. The van der Waals surface area contributed by atoms with E-state index in [0.29, 0.717) is 17.8 Å². The fraction of sp³-hybridized carbons (Fsp3) is 0.600. The number of hydrogen-bond acceptors (Lipinski definition) is 4. The van der Waals surface area contributed by atoms with Gasteiger partial charge >= 0.3 is 0 Å². The lowest BCUT2D eigenvalue weighted by atomic mass is 10.2. The molecule has 2 unspecified atom stereocenters. The van der Waals surface area contributed by atoms with E-state index in [1.54, 1.807) is 7.11 Å². The molecule has 0 heterocycles. The van der Waals surface area contributed by atoms with Gasteiger partial charge in [0.25, 0.3) is 0 Å². The summed E-state index contributed by atoms with van der Waals surface area (Å²) in [6.07, 6.45) is 3.75. The second-order valence-corrected chi connectivity index (χ2v) is 5.40. The molecule has 106 valence electrons. The van der Waals surface area contributed by atoms with Crippen molar-refractivity contribution in [3.8, 4) is 5.75 Å². The summed E-state index contributed by atoms with van der Waals surface area (Å²) < 4.78 is 11.1. The quantitative estimate of drug-likeness (QED) is 0.803. The van der Waals surface area contributed by atoms with Gasteiger partial charge in [0.1, 0.15) is 5.75 Å². The van der Waals surface area contributed by atoms with E-state index < -0.39 is 0 Å². The maximum absolute atomic E-state index is 6.16. The summed E-state index contributed by atoms with van der Waals surface area (Å²) >= 11 is 0. The van der Waals surface area contributed by atoms with Crippen molar-refractivity contribution in [3.05, 3.63) is 18.2 Å². The highest BCUT2D eigenvalue weighted by Crippen LogP contribution is 2.33. The number of methoxy groups -OCH3 is 1. The number of ether oxygens (including phenoxy) is 2. The first kappa shape index (κ1) is 14.0. The van der Waals surface area contributed by atoms with Crippen molar-refractivity contribution >= 4 is 11.4 Å². The van der Waals surface area contributed by atoms with Gasteiger partial charge in [-0.25, -0.2) is 0 Å². The zero-order chi connectivity index (χ0) is 13.8. The summed E-state index contributed by atoms with van der Waals surface area (Å²) in [5, 5.41) is 3.50. The highest BCUT2D eigenvalue weighted by atomic mass is 16.5. The topological polar surface area (TPSA) is 56.5 Å². The molecule has 0 aliphatic heterocycles. The second-order valence-electron chi connectivity index (χ2n) is 5.40. The first-order chi connectivity index (χ1) is 9.10. The highest BCUT2D eigenvalue weighted by Gasteiger charge is 2.24. The van der Waals surface area contributed by atoms with Crippen LogP contribution in [-0.4, -0.2) is 25.4 Å². The molecular formula is C15H24N2O2. The predicted molar refractivity (Wildman–Crippen MR) is 78.7 cm³/mol. The maximum atomic E-state index is 6.16. The predicted octanol–water partition coefficient (Wildman–Crippen LogP) is 3.04. The standard InChI is InChI=1S/C15H24N2O2/c1-10(2)19-14-6-4-5-13(15(14)16)17-11-7-8-12(9-11)18-3/h4-6,10-12,17H,7-9,16H2,1-3H3. The van der Waals surface area contributed by atoms with Crippen LogP contribution in [-0.2, 0) is 4.74 Å². The number of rotatable bonds is 5. The number of anilines is 2. The van der Waals surface area contributed by atoms with Crippen LogP contribution in [0.25, 0.3) is 0 Å². The van der Waals surface area contributed by atoms with Gasteiger partial charge in [-0.3, -0.25) is 0 Å². The number of nitrogen functional groups attached to an aromatic ring is 1. The van der Waals surface area contributed by atoms with Gasteiger partial charge in [0, 0.05) is 13.2 Å². The molecule has 2 rings (SSSR count). The van der Waals surface area contributed by atoms with E-state index in [1.165, 1.54) is 0 Å². The van der Waals surface area contributed by atoms with Crippen LogP contribution in [0.3, 0.4) is 0 Å². The van der Waals surface area contributed by atoms with Crippen LogP contribution in [0.2, 0.25) is 0 Å². The Morgan fingerprint density at radius 1 is 1.32 bits per heavy atom. The Kier molecular flexibility index (Phi) is 4.53. The van der Waals surface area contributed by atoms with E-state index in [1.807, 2.05) is 32.0 Å². The first-order valence-electron chi connectivity index (χ1n) is 6.94. The van der Waals surface area contributed by atoms with Gasteiger partial charge in [-0.15, -0.1) is 0 Å². The molecule has 1 aromatic carbocycles. The molecule has 1 aliphatic carbocycles. The van der Waals surface area contributed by atoms with Crippen molar-refractivity contribution in [2.45, 2.75) is 51.4 Å². The van der Waals surface area contributed by atoms with E-state index in [2.05, 4.69) is 5.32 Å². The van der Waals surface area contributed by atoms with Crippen molar-refractivity contribution in [1.82, 2.24) is 0 Å². The smallest absolute Gasteiger partial charge is 0.144 e. The van der Waals surface area contributed by atoms with Gasteiger partial charge < -0.3 is 20.5 Å². The molecule has 0 radical (unpaired) electrons. The fourth-order valence-electron chi connectivity index (χ4n) is 2.53. The minimum absolute atomic E-state index is 0.127. The molecule has 0 saturated heterocycles. The van der Waals surface area contributed by atoms with Crippen LogP contribution in [0.4, 0.5) is 11.4 Å². The molecule has 1 aromatic rings. The Morgan fingerprint density at radius 2 is 2.11 bits per heavy atom. The van der Waals surface area contributed by atoms with Crippen molar-refractivity contribution in [2.24, 2.45) is 0 Å². The summed E-state index contributed by atoms with van der Waals surface area (Å²) in [5.74, 6) is 0.751. The lowest BCUT2D eigenvalue weighted by Gasteiger charge is -2.19. The zero-order valence-corrected chi connectivity index (χ0v) is 12.0. The van der Waals surface area contributed by atoms with Crippen LogP contribution in [0.15, 0.2) is 18.2 Å². The zero-order valence-electron chi connectivity index (χ0n) is 12.0. The summed E-state index contributed by atoms with van der Waals surface area (Å²) in [5.41, 5.74) is 7.81. The largest absolute Gasteiger partial charge is 0.489 e. The number of para-hydroxylation sites is 1. The maximum Gasteiger partial charge on any atom is 0.144 e. The van der Waals surface area contributed by atoms with Gasteiger partial charge in [0.05, 0.1) is 23.6 Å². The molecule has 1 saturated carbocycles. The van der Waals surface area contributed by atoms with Gasteiger partial charge in [-0.2, -0.15) is 0 Å². The van der Waals surface area contributed by atoms with E-state index in [0.717, 1.165) is 30.7 Å². The normalized spacial score (nSPS) is 22.7. The van der Waals surface area contributed by atoms with E-state index in [4.69, 9.17) is 15.2 Å². The van der Waals surface area contributed by atoms with E-state index in [9.17, 15) is 0 Å². The van der Waals surface area contributed by atoms with Crippen LogP contribution >= 0.6 is 0 Å². The van der Waals surface area contributed by atoms with Crippen LogP contribution in [0, 0.1) is 0 Å². The van der Waals surface area contributed by atoms with Crippen LogP contribution in [0.5, 0.6) is 5.75 Å². The van der Waals surface area contributed by atoms with Crippen LogP contribution in [0.1, 0.15) is 33.1 Å². The molecule has 0 spiro atoms. The number of benzene rings is 1. The molecule has 3 N–H and O–H groups in total. The lowest BCUT2D eigenvalue weighted by Crippen LogP contribution is -2.18.